The lowest BCUT2D eigenvalue weighted by Gasteiger charge is -2.25. The number of nitrogen functional groups attached to an aromatic ring is 1. The van der Waals surface area contributed by atoms with Crippen molar-refractivity contribution >= 4 is 11.5 Å². The number of pyridine rings is 1. The number of anilines is 1. The van der Waals surface area contributed by atoms with Crippen LogP contribution >= 0.6 is 0 Å². The third kappa shape index (κ3) is 2.58. The van der Waals surface area contributed by atoms with E-state index in [4.69, 9.17) is 10.5 Å². The summed E-state index contributed by atoms with van der Waals surface area (Å²) in [5.74, 6) is 0.0252. The number of nitrogens with two attached hydrogens (primary N) is 1. The Labute approximate surface area is 95.8 Å². The second kappa shape index (κ2) is 5.07. The highest BCUT2D eigenvalue weighted by molar-refractivity contribution is 5.89. The minimum absolute atomic E-state index is 0.0252. The van der Waals surface area contributed by atoms with Gasteiger partial charge in [0.25, 0.3) is 0 Å². The molecule has 0 spiro atoms. The maximum absolute atomic E-state index is 12.0. The molecule has 1 heterocycles. The van der Waals surface area contributed by atoms with Crippen LogP contribution in [0.3, 0.4) is 0 Å². The number of methoxy groups -OCH3 is 1. The second-order valence-corrected chi connectivity index (χ2v) is 3.96. The van der Waals surface area contributed by atoms with Gasteiger partial charge in [0.1, 0.15) is 5.60 Å². The summed E-state index contributed by atoms with van der Waals surface area (Å²) in [4.78, 5) is 16.0. The molecule has 0 amide bonds. The average Bonchev–Trinajstić information content (AvgIpc) is 2.31. The fourth-order valence-corrected chi connectivity index (χ4v) is 1.40. The highest BCUT2D eigenvalue weighted by Gasteiger charge is 2.30. The summed E-state index contributed by atoms with van der Waals surface area (Å²) in [6, 6.07) is 1.69. The number of carbonyl (C=O) groups excluding carboxylic acids is 1. The zero-order valence-electron chi connectivity index (χ0n) is 9.99. The number of hydrogen-bond donors (Lipinski definition) is 1. The first-order valence-electron chi connectivity index (χ1n) is 5.30. The van der Waals surface area contributed by atoms with Crippen LogP contribution in [-0.4, -0.2) is 23.5 Å². The van der Waals surface area contributed by atoms with Crippen molar-refractivity contribution in [2.24, 2.45) is 0 Å². The van der Waals surface area contributed by atoms with Crippen LogP contribution in [0, 0.1) is 0 Å². The summed E-state index contributed by atoms with van der Waals surface area (Å²) >= 11 is 0. The summed E-state index contributed by atoms with van der Waals surface area (Å²) in [5.41, 5.74) is 6.38. The zero-order valence-corrected chi connectivity index (χ0v) is 9.99. The summed E-state index contributed by atoms with van der Waals surface area (Å²) in [6.45, 7) is 3.72. The lowest BCUT2D eigenvalue weighted by Crippen LogP contribution is -2.38. The number of nitrogens with zero attached hydrogens (tertiary/aromatic N) is 1. The van der Waals surface area contributed by atoms with Gasteiger partial charge in [0.05, 0.1) is 0 Å². The molecule has 1 rings (SSSR count). The van der Waals surface area contributed by atoms with Gasteiger partial charge in [-0.3, -0.25) is 9.78 Å². The predicted octanol–water partition coefficient (Wildman–Crippen LogP) is 1.59. The van der Waals surface area contributed by atoms with E-state index in [9.17, 15) is 4.79 Å². The first-order chi connectivity index (χ1) is 7.53. The molecule has 0 aromatic carbocycles. The number of ketones is 1. The number of aromatic nitrogens is 1. The van der Waals surface area contributed by atoms with E-state index in [1.807, 2.05) is 6.92 Å². The fourth-order valence-electron chi connectivity index (χ4n) is 1.40. The Morgan fingerprint density at radius 3 is 2.81 bits per heavy atom. The van der Waals surface area contributed by atoms with E-state index in [1.165, 1.54) is 0 Å². The maximum Gasteiger partial charge on any atom is 0.168 e. The van der Waals surface area contributed by atoms with Gasteiger partial charge >= 0.3 is 0 Å². The first-order valence-corrected chi connectivity index (χ1v) is 5.30. The van der Waals surface area contributed by atoms with Crippen LogP contribution in [0.5, 0.6) is 0 Å². The third-order valence-electron chi connectivity index (χ3n) is 3.01. The molecule has 4 heteroatoms. The Hall–Kier alpha value is -1.42. The molecule has 0 aliphatic rings. The molecule has 0 aliphatic carbocycles. The molecule has 1 aromatic heterocycles. The molecule has 16 heavy (non-hydrogen) atoms. The van der Waals surface area contributed by atoms with Crippen molar-refractivity contribution in [1.82, 2.24) is 4.98 Å². The molecule has 2 N–H and O–H groups in total. The largest absolute Gasteiger partial charge is 0.398 e. The van der Waals surface area contributed by atoms with E-state index in [2.05, 4.69) is 4.98 Å². The van der Waals surface area contributed by atoms with Crippen LogP contribution in [0.2, 0.25) is 0 Å². The highest BCUT2D eigenvalue weighted by atomic mass is 16.5. The van der Waals surface area contributed by atoms with Crippen molar-refractivity contribution in [3.05, 3.63) is 24.0 Å². The summed E-state index contributed by atoms with van der Waals surface area (Å²) < 4.78 is 5.25. The molecule has 1 atom stereocenters. The van der Waals surface area contributed by atoms with Crippen molar-refractivity contribution in [2.45, 2.75) is 32.3 Å². The van der Waals surface area contributed by atoms with Gasteiger partial charge in [-0.05, 0) is 19.4 Å². The molecule has 0 saturated heterocycles. The van der Waals surface area contributed by atoms with Gasteiger partial charge < -0.3 is 10.5 Å². The monoisotopic (exact) mass is 222 g/mol. The van der Waals surface area contributed by atoms with E-state index in [1.54, 1.807) is 32.5 Å². The summed E-state index contributed by atoms with van der Waals surface area (Å²) in [6.07, 6.45) is 4.14. The molecule has 0 saturated carbocycles. The molecule has 0 bridgehead atoms. The molecule has 0 radical (unpaired) electrons. The predicted molar refractivity (Wildman–Crippen MR) is 63.1 cm³/mol. The van der Waals surface area contributed by atoms with Crippen LogP contribution in [0.25, 0.3) is 0 Å². The van der Waals surface area contributed by atoms with Crippen molar-refractivity contribution in [1.29, 1.82) is 0 Å². The lowest BCUT2D eigenvalue weighted by molar-refractivity contribution is -0.138. The van der Waals surface area contributed by atoms with Crippen molar-refractivity contribution in [2.75, 3.05) is 12.8 Å². The Kier molecular flexibility index (Phi) is 4.01. The van der Waals surface area contributed by atoms with Crippen LogP contribution in [-0.2, 0) is 16.0 Å². The lowest BCUT2D eigenvalue weighted by atomic mass is 9.92. The van der Waals surface area contributed by atoms with E-state index in [0.29, 0.717) is 12.1 Å². The standard InChI is InChI=1S/C12H18N2O2/c1-4-12(2,16-3)11(15)7-9-8-14-6-5-10(9)13/h5-6,8H,4,7H2,1-3H3,(H2,13,14). The molecule has 88 valence electrons. The van der Waals surface area contributed by atoms with Gasteiger partial charge in [-0.2, -0.15) is 0 Å². The van der Waals surface area contributed by atoms with Gasteiger partial charge in [0, 0.05) is 37.2 Å². The van der Waals surface area contributed by atoms with Gasteiger partial charge in [-0.15, -0.1) is 0 Å². The minimum Gasteiger partial charge on any atom is -0.398 e. The summed E-state index contributed by atoms with van der Waals surface area (Å²) in [5, 5.41) is 0. The third-order valence-corrected chi connectivity index (χ3v) is 3.01. The molecule has 0 fully saturated rings. The fraction of sp³-hybridized carbons (Fsp3) is 0.500. The Morgan fingerprint density at radius 1 is 1.62 bits per heavy atom. The average molecular weight is 222 g/mol. The van der Waals surface area contributed by atoms with Gasteiger partial charge in [0.2, 0.25) is 0 Å². The normalized spacial score (nSPS) is 14.4. The molecule has 0 aliphatic heterocycles. The minimum atomic E-state index is -0.734. The number of rotatable bonds is 5. The van der Waals surface area contributed by atoms with Crippen LogP contribution in [0.15, 0.2) is 18.5 Å². The Balaban J connectivity index is 2.83. The van der Waals surface area contributed by atoms with E-state index >= 15 is 0 Å². The Morgan fingerprint density at radius 2 is 2.31 bits per heavy atom. The molecule has 1 unspecified atom stereocenters. The SMILES string of the molecule is CCC(C)(OC)C(=O)Cc1cnccc1N. The number of hydrogen-bond acceptors (Lipinski definition) is 4. The van der Waals surface area contributed by atoms with E-state index in [-0.39, 0.29) is 12.2 Å². The molecule has 1 aromatic rings. The molecular formula is C12H18N2O2. The van der Waals surface area contributed by atoms with Crippen LogP contribution < -0.4 is 5.73 Å². The number of carbonyl (C=O) groups is 1. The zero-order chi connectivity index (χ0) is 12.2. The topological polar surface area (TPSA) is 65.2 Å². The second-order valence-electron chi connectivity index (χ2n) is 3.96. The summed E-state index contributed by atoms with van der Waals surface area (Å²) in [7, 11) is 1.55. The quantitative estimate of drug-likeness (QED) is 0.821. The van der Waals surface area contributed by atoms with Gasteiger partial charge in [-0.25, -0.2) is 0 Å². The van der Waals surface area contributed by atoms with Crippen LogP contribution in [0.1, 0.15) is 25.8 Å². The first kappa shape index (κ1) is 12.6. The van der Waals surface area contributed by atoms with Crippen molar-refractivity contribution in [3.8, 4) is 0 Å². The molecular weight excluding hydrogens is 204 g/mol. The molecule has 4 nitrogen and oxygen atoms in total. The van der Waals surface area contributed by atoms with Crippen LogP contribution in [0.4, 0.5) is 5.69 Å². The maximum atomic E-state index is 12.0. The number of ether oxygens (including phenoxy) is 1. The Bertz CT molecular complexity index is 373. The smallest absolute Gasteiger partial charge is 0.168 e. The van der Waals surface area contributed by atoms with Gasteiger partial charge in [0.15, 0.2) is 5.78 Å². The van der Waals surface area contributed by atoms with Gasteiger partial charge in [-0.1, -0.05) is 6.92 Å². The number of Topliss-reactive ketones (excluding diaryl/α,β-unsaturated/α-hetero) is 1. The van der Waals surface area contributed by atoms with Crippen molar-refractivity contribution in [3.63, 3.8) is 0 Å². The van der Waals surface area contributed by atoms with Crippen molar-refractivity contribution < 1.29 is 9.53 Å². The van der Waals surface area contributed by atoms with E-state index in [0.717, 1.165) is 5.56 Å². The highest BCUT2D eigenvalue weighted by Crippen LogP contribution is 2.19. The van der Waals surface area contributed by atoms with E-state index < -0.39 is 5.60 Å².